The van der Waals surface area contributed by atoms with Crippen molar-refractivity contribution in [2.75, 3.05) is 5.32 Å². The van der Waals surface area contributed by atoms with E-state index in [2.05, 4.69) is 15.5 Å². The molecule has 0 fully saturated rings. The summed E-state index contributed by atoms with van der Waals surface area (Å²) < 4.78 is 10.9. The van der Waals surface area contributed by atoms with Gasteiger partial charge in [-0.2, -0.15) is 0 Å². The minimum absolute atomic E-state index is 0.115. The van der Waals surface area contributed by atoms with Gasteiger partial charge in [0.2, 0.25) is 5.89 Å². The maximum atomic E-state index is 12.3. The number of nitrogens with one attached hydrogen (secondary N) is 1. The number of aromatic nitrogens is 2. The van der Waals surface area contributed by atoms with Crippen LogP contribution in [0.15, 0.2) is 68.2 Å². The van der Waals surface area contributed by atoms with E-state index in [0.717, 1.165) is 6.07 Å². The van der Waals surface area contributed by atoms with Crippen LogP contribution in [-0.2, 0) is 0 Å². The number of rotatable bonds is 3. The van der Waals surface area contributed by atoms with Crippen molar-refractivity contribution in [3.8, 4) is 11.5 Å². The number of para-hydroxylation sites is 1. The predicted molar refractivity (Wildman–Crippen MR) is 95.2 cm³/mol. The van der Waals surface area contributed by atoms with Gasteiger partial charge in [0, 0.05) is 16.7 Å². The Kier molecular flexibility index (Phi) is 3.98. The van der Waals surface area contributed by atoms with E-state index in [4.69, 9.17) is 20.4 Å². The van der Waals surface area contributed by atoms with Crippen molar-refractivity contribution in [3.05, 3.63) is 75.6 Å². The van der Waals surface area contributed by atoms with Gasteiger partial charge in [0.15, 0.2) is 11.2 Å². The third-order valence-corrected chi connectivity index (χ3v) is 3.85. The molecule has 0 bridgehead atoms. The fourth-order valence-electron chi connectivity index (χ4n) is 2.36. The number of carbonyl (C=O) groups is 1. The molecule has 4 rings (SSSR count). The van der Waals surface area contributed by atoms with Crippen molar-refractivity contribution in [2.45, 2.75) is 0 Å². The normalized spacial score (nSPS) is 10.8. The Labute approximate surface area is 151 Å². The number of amides is 1. The summed E-state index contributed by atoms with van der Waals surface area (Å²) in [6, 6.07) is 14.5. The topological polar surface area (TPSA) is 98.2 Å². The van der Waals surface area contributed by atoms with Crippen LogP contribution < -0.4 is 10.7 Å². The van der Waals surface area contributed by atoms with Crippen LogP contribution in [0.3, 0.4) is 0 Å². The summed E-state index contributed by atoms with van der Waals surface area (Å²) in [5.41, 5.74) is 0.654. The monoisotopic (exact) mass is 367 g/mol. The number of fused-ring (bicyclic) bond motifs is 1. The molecule has 2 aromatic heterocycles. The number of nitrogens with zero attached hydrogens (tertiary/aromatic N) is 2. The summed E-state index contributed by atoms with van der Waals surface area (Å²) in [7, 11) is 0. The zero-order valence-electron chi connectivity index (χ0n) is 13.1. The number of hydrogen-bond donors (Lipinski definition) is 1. The fraction of sp³-hybridized carbons (Fsp3) is 0. The van der Waals surface area contributed by atoms with Gasteiger partial charge < -0.3 is 8.83 Å². The lowest BCUT2D eigenvalue weighted by Gasteiger charge is -2.01. The second-order valence-electron chi connectivity index (χ2n) is 5.34. The van der Waals surface area contributed by atoms with Crippen molar-refractivity contribution < 1.29 is 13.6 Å². The maximum Gasteiger partial charge on any atom is 0.322 e. The summed E-state index contributed by atoms with van der Waals surface area (Å²) in [4.78, 5) is 24.4. The van der Waals surface area contributed by atoms with E-state index in [1.165, 1.54) is 0 Å². The Morgan fingerprint density at radius 1 is 1.00 bits per heavy atom. The number of benzene rings is 2. The summed E-state index contributed by atoms with van der Waals surface area (Å²) in [6.45, 7) is 0. The van der Waals surface area contributed by atoms with E-state index in [9.17, 15) is 9.59 Å². The molecule has 2 heterocycles. The molecule has 26 heavy (non-hydrogen) atoms. The summed E-state index contributed by atoms with van der Waals surface area (Å²) in [5.74, 6) is -0.601. The van der Waals surface area contributed by atoms with Crippen LogP contribution in [0.1, 0.15) is 10.6 Å². The molecule has 0 unspecified atom stereocenters. The number of hydrogen-bond acceptors (Lipinski definition) is 6. The van der Waals surface area contributed by atoms with Crippen LogP contribution >= 0.6 is 11.6 Å². The molecule has 0 saturated heterocycles. The average Bonchev–Trinajstić information content (AvgIpc) is 3.10. The van der Waals surface area contributed by atoms with Gasteiger partial charge in [-0.15, -0.1) is 5.10 Å². The minimum Gasteiger partial charge on any atom is -0.451 e. The van der Waals surface area contributed by atoms with Gasteiger partial charge in [0.25, 0.3) is 5.91 Å². The highest BCUT2D eigenvalue weighted by Crippen LogP contribution is 2.22. The predicted octanol–water partition coefficient (Wildman–Crippen LogP) is 3.75. The maximum absolute atomic E-state index is 12.3. The lowest BCUT2D eigenvalue weighted by molar-refractivity contribution is 0.0994. The third kappa shape index (κ3) is 3.07. The lowest BCUT2D eigenvalue weighted by Crippen LogP contribution is -2.15. The van der Waals surface area contributed by atoms with Crippen LogP contribution in [0.2, 0.25) is 5.02 Å². The second kappa shape index (κ2) is 6.45. The highest BCUT2D eigenvalue weighted by atomic mass is 35.5. The second-order valence-corrected chi connectivity index (χ2v) is 5.78. The lowest BCUT2D eigenvalue weighted by atomic mass is 10.2. The molecule has 0 aliphatic carbocycles. The summed E-state index contributed by atoms with van der Waals surface area (Å²) in [6.07, 6.45) is 0. The molecule has 0 atom stereocenters. The molecular weight excluding hydrogens is 358 g/mol. The molecule has 128 valence electrons. The molecule has 0 spiro atoms. The minimum atomic E-state index is -0.667. The Hall–Kier alpha value is -3.45. The van der Waals surface area contributed by atoms with E-state index in [1.807, 2.05) is 0 Å². The highest BCUT2D eigenvalue weighted by Gasteiger charge is 2.16. The van der Waals surface area contributed by atoms with Gasteiger partial charge in [-0.3, -0.25) is 14.9 Å². The molecule has 8 heteroatoms. The van der Waals surface area contributed by atoms with Crippen LogP contribution in [-0.4, -0.2) is 16.1 Å². The van der Waals surface area contributed by atoms with E-state index in [-0.39, 0.29) is 23.1 Å². The Morgan fingerprint density at radius 2 is 1.77 bits per heavy atom. The van der Waals surface area contributed by atoms with Gasteiger partial charge in [-0.1, -0.05) is 28.8 Å². The van der Waals surface area contributed by atoms with Crippen molar-refractivity contribution in [2.24, 2.45) is 0 Å². The van der Waals surface area contributed by atoms with Crippen molar-refractivity contribution in [1.29, 1.82) is 0 Å². The van der Waals surface area contributed by atoms with Gasteiger partial charge >= 0.3 is 6.01 Å². The average molecular weight is 368 g/mol. The van der Waals surface area contributed by atoms with Crippen molar-refractivity contribution in [3.63, 3.8) is 0 Å². The molecule has 1 N–H and O–H groups in total. The number of anilines is 1. The summed E-state index contributed by atoms with van der Waals surface area (Å²) in [5, 5.41) is 11.0. The quantitative estimate of drug-likeness (QED) is 0.592. The van der Waals surface area contributed by atoms with E-state index in [1.54, 1.807) is 48.5 Å². The van der Waals surface area contributed by atoms with Crippen LogP contribution in [0.5, 0.6) is 0 Å². The highest BCUT2D eigenvalue weighted by molar-refractivity contribution is 6.30. The smallest absolute Gasteiger partial charge is 0.322 e. The van der Waals surface area contributed by atoms with Gasteiger partial charge in [-0.25, -0.2) is 0 Å². The van der Waals surface area contributed by atoms with Gasteiger partial charge in [0.05, 0.1) is 5.39 Å². The zero-order valence-corrected chi connectivity index (χ0v) is 13.9. The van der Waals surface area contributed by atoms with E-state index in [0.29, 0.717) is 21.6 Å². The summed E-state index contributed by atoms with van der Waals surface area (Å²) >= 11 is 5.84. The van der Waals surface area contributed by atoms with Crippen molar-refractivity contribution in [1.82, 2.24) is 10.2 Å². The van der Waals surface area contributed by atoms with Crippen LogP contribution in [0.25, 0.3) is 22.4 Å². The van der Waals surface area contributed by atoms with Crippen LogP contribution in [0, 0.1) is 0 Å². The molecule has 0 saturated carbocycles. The molecular formula is C18H10ClN3O4. The first-order valence-electron chi connectivity index (χ1n) is 7.54. The Bertz CT molecular complexity index is 1160. The standard InChI is InChI=1S/C18H10ClN3O4/c19-11-7-5-10(6-8-11)17-21-22-18(26-17)20-16(24)15-9-13(23)12-3-1-2-4-14(12)25-15/h1-9H,(H,20,22,24). The SMILES string of the molecule is O=C(Nc1nnc(-c2ccc(Cl)cc2)o1)c1cc(=O)c2ccccc2o1. The molecule has 2 aromatic carbocycles. The third-order valence-electron chi connectivity index (χ3n) is 3.60. The van der Waals surface area contributed by atoms with E-state index >= 15 is 0 Å². The Morgan fingerprint density at radius 3 is 2.58 bits per heavy atom. The molecule has 0 aliphatic rings. The molecule has 0 aliphatic heterocycles. The first-order chi connectivity index (χ1) is 12.6. The van der Waals surface area contributed by atoms with Gasteiger partial charge in [-0.05, 0) is 36.4 Å². The van der Waals surface area contributed by atoms with E-state index < -0.39 is 5.91 Å². The zero-order chi connectivity index (χ0) is 18.1. The first-order valence-corrected chi connectivity index (χ1v) is 7.91. The van der Waals surface area contributed by atoms with Crippen LogP contribution in [0.4, 0.5) is 6.01 Å². The molecule has 4 aromatic rings. The Balaban J connectivity index is 1.59. The number of carbonyl (C=O) groups excluding carboxylic acids is 1. The van der Waals surface area contributed by atoms with Crippen molar-refractivity contribution >= 4 is 34.5 Å². The fourth-order valence-corrected chi connectivity index (χ4v) is 2.48. The first kappa shape index (κ1) is 16.0. The molecule has 1 amide bonds. The number of halogens is 1. The molecule has 0 radical (unpaired) electrons. The largest absolute Gasteiger partial charge is 0.451 e. The van der Waals surface area contributed by atoms with Gasteiger partial charge in [0.1, 0.15) is 5.58 Å². The molecule has 7 nitrogen and oxygen atoms in total.